The van der Waals surface area contributed by atoms with Crippen LogP contribution in [0.3, 0.4) is 0 Å². The Kier molecular flexibility index (Phi) is 6.44. The van der Waals surface area contributed by atoms with Gasteiger partial charge < -0.3 is 14.8 Å². The Labute approximate surface area is 116 Å². The predicted molar refractivity (Wildman–Crippen MR) is 73.5 cm³/mol. The molecule has 0 aromatic heterocycles. The summed E-state index contributed by atoms with van der Waals surface area (Å²) < 4.78 is 11.5. The van der Waals surface area contributed by atoms with Crippen LogP contribution in [0.1, 0.15) is 5.56 Å². The highest BCUT2D eigenvalue weighted by Gasteiger charge is 2.20. The zero-order valence-electron chi connectivity index (χ0n) is 10.2. The van der Waals surface area contributed by atoms with Crippen molar-refractivity contribution in [2.45, 2.75) is 18.8 Å². The number of nitrogens with one attached hydrogen (secondary N) is 1. The molecule has 0 aliphatic heterocycles. The van der Waals surface area contributed by atoms with Gasteiger partial charge in [-0.1, -0.05) is 33.6 Å². The molecule has 1 atom stereocenters. The maximum Gasteiger partial charge on any atom is 0.172 e. The highest BCUT2D eigenvalue weighted by molar-refractivity contribution is 9.10. The lowest BCUT2D eigenvalue weighted by atomic mass is 10.1. The lowest BCUT2D eigenvalue weighted by molar-refractivity contribution is -0.121. The van der Waals surface area contributed by atoms with Crippen LogP contribution in [0, 0.1) is 0 Å². The second-order valence-corrected chi connectivity index (χ2v) is 5.00. The fraction of sp³-hybridized carbons (Fsp3) is 0.500. The molecule has 0 heterocycles. The summed E-state index contributed by atoms with van der Waals surface area (Å²) >= 11 is 9.57. The van der Waals surface area contributed by atoms with E-state index < -0.39 is 0 Å². The molecule has 0 saturated heterocycles. The molecule has 5 heteroatoms. The molecule has 1 unspecified atom stereocenters. The summed E-state index contributed by atoms with van der Waals surface area (Å²) in [7, 11) is 5.13. The third-order valence-electron chi connectivity index (χ3n) is 2.62. The second-order valence-electron chi connectivity index (χ2n) is 3.67. The van der Waals surface area contributed by atoms with Crippen LogP contribution in [0.2, 0.25) is 5.02 Å². The maximum absolute atomic E-state index is 6.18. The summed E-state index contributed by atoms with van der Waals surface area (Å²) in [4.78, 5) is 0. The maximum atomic E-state index is 6.18. The van der Waals surface area contributed by atoms with Gasteiger partial charge in [-0.2, -0.15) is 0 Å². The summed E-state index contributed by atoms with van der Waals surface area (Å²) in [5, 5.41) is 3.92. The van der Waals surface area contributed by atoms with Gasteiger partial charge in [0.2, 0.25) is 0 Å². The quantitative estimate of drug-likeness (QED) is 0.817. The second kappa shape index (κ2) is 7.34. The fourth-order valence-corrected chi connectivity index (χ4v) is 2.43. The van der Waals surface area contributed by atoms with Gasteiger partial charge in [-0.25, -0.2) is 0 Å². The van der Waals surface area contributed by atoms with E-state index in [4.69, 9.17) is 21.1 Å². The number of rotatable bonds is 6. The lowest BCUT2D eigenvalue weighted by Gasteiger charge is -2.24. The van der Waals surface area contributed by atoms with E-state index in [2.05, 4.69) is 21.2 Å². The van der Waals surface area contributed by atoms with E-state index in [0.717, 1.165) is 21.5 Å². The van der Waals surface area contributed by atoms with Crippen molar-refractivity contribution in [1.82, 2.24) is 5.32 Å². The monoisotopic (exact) mass is 321 g/mol. The molecular weight excluding hydrogens is 305 g/mol. The van der Waals surface area contributed by atoms with Crippen LogP contribution in [0.4, 0.5) is 0 Å². The standard InChI is InChI=1S/C12H17BrClNO2/c1-15-11(12(16-2)17-3)6-8-4-5-9(13)7-10(8)14/h4-5,7,11-12,15H,6H2,1-3H3. The number of likely N-dealkylation sites (N-methyl/N-ethyl adjacent to an activating group) is 1. The van der Waals surface area contributed by atoms with Crippen LogP contribution < -0.4 is 5.32 Å². The minimum Gasteiger partial charge on any atom is -0.354 e. The molecule has 1 aromatic carbocycles. The first-order valence-electron chi connectivity index (χ1n) is 5.29. The van der Waals surface area contributed by atoms with Crippen LogP contribution in [-0.4, -0.2) is 33.6 Å². The molecule has 0 saturated carbocycles. The molecule has 0 radical (unpaired) electrons. The van der Waals surface area contributed by atoms with Gasteiger partial charge in [0.1, 0.15) is 0 Å². The van der Waals surface area contributed by atoms with E-state index >= 15 is 0 Å². The average molecular weight is 323 g/mol. The Balaban J connectivity index is 2.80. The SMILES string of the molecule is CNC(Cc1ccc(Br)cc1Cl)C(OC)OC. The Morgan fingerprint density at radius 3 is 2.47 bits per heavy atom. The van der Waals surface area contributed by atoms with Crippen molar-refractivity contribution in [2.75, 3.05) is 21.3 Å². The van der Waals surface area contributed by atoms with Crippen molar-refractivity contribution in [3.63, 3.8) is 0 Å². The largest absolute Gasteiger partial charge is 0.354 e. The van der Waals surface area contributed by atoms with Gasteiger partial charge in [-0.3, -0.25) is 0 Å². The van der Waals surface area contributed by atoms with E-state index in [9.17, 15) is 0 Å². The van der Waals surface area contributed by atoms with Crippen LogP contribution in [-0.2, 0) is 15.9 Å². The van der Waals surface area contributed by atoms with Crippen molar-refractivity contribution < 1.29 is 9.47 Å². The van der Waals surface area contributed by atoms with Crippen LogP contribution in [0.5, 0.6) is 0 Å². The van der Waals surface area contributed by atoms with Crippen molar-refractivity contribution in [1.29, 1.82) is 0 Å². The molecule has 1 N–H and O–H groups in total. The molecule has 1 aromatic rings. The number of hydrogen-bond donors (Lipinski definition) is 1. The summed E-state index contributed by atoms with van der Waals surface area (Å²) in [6.45, 7) is 0. The summed E-state index contributed by atoms with van der Waals surface area (Å²) in [5.41, 5.74) is 1.06. The molecule has 0 aliphatic carbocycles. The topological polar surface area (TPSA) is 30.5 Å². The van der Waals surface area contributed by atoms with Gasteiger partial charge in [0.05, 0.1) is 6.04 Å². The van der Waals surface area contributed by atoms with Gasteiger partial charge in [0.25, 0.3) is 0 Å². The normalized spacial score (nSPS) is 13.1. The number of benzene rings is 1. The highest BCUT2D eigenvalue weighted by Crippen LogP contribution is 2.23. The third-order valence-corrected chi connectivity index (χ3v) is 3.46. The van der Waals surface area contributed by atoms with E-state index in [1.807, 2.05) is 25.2 Å². The van der Waals surface area contributed by atoms with Crippen molar-refractivity contribution in [3.05, 3.63) is 33.3 Å². The first kappa shape index (κ1) is 14.9. The Hall–Kier alpha value is -0.130. The van der Waals surface area contributed by atoms with E-state index in [1.165, 1.54) is 0 Å². The lowest BCUT2D eigenvalue weighted by Crippen LogP contribution is -2.41. The number of halogens is 2. The molecule has 0 bridgehead atoms. The van der Waals surface area contributed by atoms with Crippen molar-refractivity contribution >= 4 is 27.5 Å². The molecule has 3 nitrogen and oxygen atoms in total. The first-order chi connectivity index (χ1) is 8.12. The molecule has 0 amide bonds. The van der Waals surface area contributed by atoms with Crippen molar-refractivity contribution in [2.24, 2.45) is 0 Å². The Bertz CT molecular complexity index is 358. The predicted octanol–water partition coefficient (Wildman–Crippen LogP) is 2.85. The number of ether oxygens (including phenoxy) is 2. The Morgan fingerprint density at radius 2 is 2.00 bits per heavy atom. The van der Waals surface area contributed by atoms with Crippen LogP contribution in [0.15, 0.2) is 22.7 Å². The van der Waals surface area contributed by atoms with Gasteiger partial charge >= 0.3 is 0 Å². The van der Waals surface area contributed by atoms with Gasteiger partial charge in [0.15, 0.2) is 6.29 Å². The Morgan fingerprint density at radius 1 is 1.35 bits per heavy atom. The zero-order valence-corrected chi connectivity index (χ0v) is 12.5. The molecule has 0 fully saturated rings. The van der Waals surface area contributed by atoms with Gasteiger partial charge in [0, 0.05) is 23.7 Å². The van der Waals surface area contributed by atoms with Gasteiger partial charge in [-0.05, 0) is 31.2 Å². The number of hydrogen-bond acceptors (Lipinski definition) is 3. The summed E-state index contributed by atoms with van der Waals surface area (Å²) in [6, 6.07) is 5.92. The molecule has 1 rings (SSSR count). The van der Waals surface area contributed by atoms with Crippen LogP contribution >= 0.6 is 27.5 Å². The van der Waals surface area contributed by atoms with E-state index in [-0.39, 0.29) is 12.3 Å². The molecule has 0 spiro atoms. The molecular formula is C12H17BrClNO2. The van der Waals surface area contributed by atoms with E-state index in [0.29, 0.717) is 0 Å². The molecule has 17 heavy (non-hydrogen) atoms. The smallest absolute Gasteiger partial charge is 0.172 e. The fourth-order valence-electron chi connectivity index (χ4n) is 1.68. The number of methoxy groups -OCH3 is 2. The minimum atomic E-state index is -0.292. The van der Waals surface area contributed by atoms with Gasteiger partial charge in [-0.15, -0.1) is 0 Å². The van der Waals surface area contributed by atoms with Crippen molar-refractivity contribution in [3.8, 4) is 0 Å². The van der Waals surface area contributed by atoms with E-state index in [1.54, 1.807) is 14.2 Å². The average Bonchev–Trinajstić information content (AvgIpc) is 2.32. The molecule has 0 aliphatic rings. The highest BCUT2D eigenvalue weighted by atomic mass is 79.9. The minimum absolute atomic E-state index is 0.0590. The summed E-state index contributed by atoms with van der Waals surface area (Å²) in [6.07, 6.45) is 0.453. The summed E-state index contributed by atoms with van der Waals surface area (Å²) in [5.74, 6) is 0. The third kappa shape index (κ3) is 4.23. The molecule has 96 valence electrons. The zero-order chi connectivity index (χ0) is 12.8. The first-order valence-corrected chi connectivity index (χ1v) is 6.46. The van der Waals surface area contributed by atoms with Crippen LogP contribution in [0.25, 0.3) is 0 Å².